The number of furan rings is 1. The maximum atomic E-state index is 12.6. The van der Waals surface area contributed by atoms with E-state index in [4.69, 9.17) is 9.52 Å². The fraction of sp³-hybridized carbons (Fsp3) is 0.300. The summed E-state index contributed by atoms with van der Waals surface area (Å²) in [5, 5.41) is 16.4. The molecule has 11 heteroatoms. The zero-order valence-corrected chi connectivity index (χ0v) is 12.8. The lowest BCUT2D eigenvalue weighted by Crippen LogP contribution is -2.38. The Labute approximate surface area is 127 Å². The summed E-state index contributed by atoms with van der Waals surface area (Å²) in [6.45, 7) is 0.749. The van der Waals surface area contributed by atoms with Crippen LogP contribution in [0.2, 0.25) is 0 Å². The summed E-state index contributed by atoms with van der Waals surface area (Å²) in [6.07, 6.45) is 1.54. The Bertz CT molecular complexity index is 811. The lowest BCUT2D eigenvalue weighted by Gasteiger charge is -2.25. The molecule has 2 aromatic heterocycles. The molecule has 1 N–H and O–H groups in total. The maximum absolute atomic E-state index is 12.6. The zero-order valence-electron chi connectivity index (χ0n) is 10.4. The minimum atomic E-state index is -3.88. The molecule has 9 nitrogen and oxygen atoms in total. The molecule has 0 saturated heterocycles. The van der Waals surface area contributed by atoms with Crippen molar-refractivity contribution >= 4 is 31.9 Å². The Morgan fingerprint density at radius 3 is 2.86 bits per heavy atom. The highest BCUT2D eigenvalue weighted by Crippen LogP contribution is 2.30. The molecule has 0 unspecified atom stereocenters. The first-order valence-corrected chi connectivity index (χ1v) is 8.02. The number of carboxylic acids is 1. The van der Waals surface area contributed by atoms with Gasteiger partial charge in [0.25, 0.3) is 0 Å². The molecule has 1 aliphatic heterocycles. The molecule has 0 aliphatic carbocycles. The average Bonchev–Trinajstić information content (AvgIpc) is 3.03. The van der Waals surface area contributed by atoms with Crippen molar-refractivity contribution in [2.45, 2.75) is 18.0 Å². The average molecular weight is 377 g/mol. The first-order chi connectivity index (χ1) is 9.89. The van der Waals surface area contributed by atoms with Gasteiger partial charge in [0.15, 0.2) is 4.67 Å². The summed E-state index contributed by atoms with van der Waals surface area (Å²) in [5.41, 5.74) is 0. The lowest BCUT2D eigenvalue weighted by atomic mass is 10.4. The number of carbonyl (C=O) groups is 1. The van der Waals surface area contributed by atoms with Crippen LogP contribution in [0.25, 0.3) is 0 Å². The minimum absolute atomic E-state index is 0.0718. The third-order valence-electron chi connectivity index (χ3n) is 3.09. The number of hydrogen-bond donors (Lipinski definition) is 1. The SMILES string of the molecule is O=C(O)c1cc(S(=O)(=O)N2CCn3cnnc3C2)c(Br)o1. The third-order valence-corrected chi connectivity index (χ3v) is 5.79. The van der Waals surface area contributed by atoms with E-state index in [1.807, 2.05) is 0 Å². The lowest BCUT2D eigenvalue weighted by molar-refractivity contribution is 0.0661. The first kappa shape index (κ1) is 14.2. The molecule has 0 fully saturated rings. The second-order valence-corrected chi connectivity index (χ2v) is 6.96. The van der Waals surface area contributed by atoms with Crippen LogP contribution in [0.3, 0.4) is 0 Å². The molecular formula is C10H9BrN4O5S. The molecule has 0 bridgehead atoms. The summed E-state index contributed by atoms with van der Waals surface area (Å²) in [7, 11) is -3.88. The molecule has 0 amide bonds. The molecule has 0 radical (unpaired) electrons. The van der Waals surface area contributed by atoms with Crippen molar-refractivity contribution in [3.63, 3.8) is 0 Å². The van der Waals surface area contributed by atoms with Gasteiger partial charge in [-0.1, -0.05) is 0 Å². The molecule has 3 rings (SSSR count). The standard InChI is InChI=1S/C10H9BrN4O5S/c11-9-7(3-6(20-9)10(16)17)21(18,19)15-2-1-14-5-12-13-8(14)4-15/h3,5H,1-2,4H2,(H,16,17). The fourth-order valence-corrected chi connectivity index (χ4v) is 4.31. The van der Waals surface area contributed by atoms with Crippen molar-refractivity contribution in [2.24, 2.45) is 0 Å². The van der Waals surface area contributed by atoms with Gasteiger partial charge in [-0.2, -0.15) is 4.31 Å². The highest BCUT2D eigenvalue weighted by Gasteiger charge is 2.33. The summed E-state index contributed by atoms with van der Waals surface area (Å²) < 4.78 is 32.8. The number of halogens is 1. The van der Waals surface area contributed by atoms with Crippen molar-refractivity contribution in [1.82, 2.24) is 19.1 Å². The van der Waals surface area contributed by atoms with Gasteiger partial charge in [0.05, 0.1) is 6.54 Å². The number of aromatic carboxylic acids is 1. The van der Waals surface area contributed by atoms with Gasteiger partial charge in [-0.3, -0.25) is 0 Å². The van der Waals surface area contributed by atoms with E-state index >= 15 is 0 Å². The molecule has 0 saturated carbocycles. The van der Waals surface area contributed by atoms with Crippen LogP contribution in [0.15, 0.2) is 26.4 Å². The number of fused-ring (bicyclic) bond motifs is 1. The Morgan fingerprint density at radius 2 is 2.19 bits per heavy atom. The molecule has 0 spiro atoms. The van der Waals surface area contributed by atoms with E-state index in [0.29, 0.717) is 12.4 Å². The van der Waals surface area contributed by atoms with Crippen LogP contribution in [0.1, 0.15) is 16.4 Å². The van der Waals surface area contributed by atoms with Crippen molar-refractivity contribution in [1.29, 1.82) is 0 Å². The molecule has 3 heterocycles. The van der Waals surface area contributed by atoms with E-state index in [0.717, 1.165) is 6.07 Å². The molecule has 0 atom stereocenters. The van der Waals surface area contributed by atoms with Gasteiger partial charge in [0.1, 0.15) is 17.0 Å². The Kier molecular flexibility index (Phi) is 3.34. The smallest absolute Gasteiger partial charge is 0.371 e. The van der Waals surface area contributed by atoms with Crippen molar-refractivity contribution in [3.8, 4) is 0 Å². The van der Waals surface area contributed by atoms with Crippen LogP contribution >= 0.6 is 15.9 Å². The quantitative estimate of drug-likeness (QED) is 0.829. The van der Waals surface area contributed by atoms with Gasteiger partial charge < -0.3 is 14.1 Å². The van der Waals surface area contributed by atoms with Crippen molar-refractivity contribution in [3.05, 3.63) is 28.6 Å². The van der Waals surface area contributed by atoms with Crippen molar-refractivity contribution < 1.29 is 22.7 Å². The van der Waals surface area contributed by atoms with Crippen LogP contribution in [-0.4, -0.2) is 45.1 Å². The van der Waals surface area contributed by atoms with Crippen LogP contribution in [0.5, 0.6) is 0 Å². The number of aromatic nitrogens is 3. The molecular weight excluding hydrogens is 368 g/mol. The number of carboxylic acid groups (broad SMARTS) is 1. The van der Waals surface area contributed by atoms with Gasteiger partial charge >= 0.3 is 5.97 Å². The number of nitrogens with zero attached hydrogens (tertiary/aromatic N) is 4. The zero-order chi connectivity index (χ0) is 15.2. The van der Waals surface area contributed by atoms with Gasteiger partial charge in [-0.15, -0.1) is 10.2 Å². The van der Waals surface area contributed by atoms with Crippen molar-refractivity contribution in [2.75, 3.05) is 6.54 Å². The van der Waals surface area contributed by atoms with E-state index in [1.54, 1.807) is 4.57 Å². The first-order valence-electron chi connectivity index (χ1n) is 5.79. The second kappa shape index (κ2) is 4.93. The highest BCUT2D eigenvalue weighted by molar-refractivity contribution is 9.10. The van der Waals surface area contributed by atoms with E-state index in [9.17, 15) is 13.2 Å². The Balaban J connectivity index is 1.96. The molecule has 2 aromatic rings. The van der Waals surface area contributed by atoms with Gasteiger partial charge in [-0.05, 0) is 15.9 Å². The number of hydrogen-bond acceptors (Lipinski definition) is 6. The van der Waals surface area contributed by atoms with Gasteiger partial charge in [0, 0.05) is 19.2 Å². The molecule has 112 valence electrons. The summed E-state index contributed by atoms with van der Waals surface area (Å²) in [5.74, 6) is -1.25. The topological polar surface area (TPSA) is 119 Å². The van der Waals surface area contributed by atoms with E-state index in [2.05, 4.69) is 26.1 Å². The normalized spacial score (nSPS) is 15.9. The summed E-state index contributed by atoms with van der Waals surface area (Å²) in [4.78, 5) is 10.6. The molecule has 21 heavy (non-hydrogen) atoms. The fourth-order valence-electron chi connectivity index (χ4n) is 2.02. The van der Waals surface area contributed by atoms with Gasteiger partial charge in [0.2, 0.25) is 15.8 Å². The summed E-state index contributed by atoms with van der Waals surface area (Å²) in [6, 6.07) is 0.987. The predicted molar refractivity (Wildman–Crippen MR) is 71.0 cm³/mol. The van der Waals surface area contributed by atoms with Crippen LogP contribution in [0, 0.1) is 0 Å². The largest absolute Gasteiger partial charge is 0.475 e. The number of rotatable bonds is 3. The van der Waals surface area contributed by atoms with E-state index < -0.39 is 21.8 Å². The summed E-state index contributed by atoms with van der Waals surface area (Å²) >= 11 is 2.94. The van der Waals surface area contributed by atoms with Crippen LogP contribution < -0.4 is 0 Å². The highest BCUT2D eigenvalue weighted by atomic mass is 79.9. The molecule has 0 aromatic carbocycles. The second-order valence-electron chi connectivity index (χ2n) is 4.33. The minimum Gasteiger partial charge on any atom is -0.475 e. The van der Waals surface area contributed by atoms with Crippen LogP contribution in [-0.2, 0) is 23.1 Å². The van der Waals surface area contributed by atoms with Gasteiger partial charge in [-0.25, -0.2) is 13.2 Å². The molecule has 1 aliphatic rings. The number of sulfonamides is 1. The monoisotopic (exact) mass is 376 g/mol. The van der Waals surface area contributed by atoms with E-state index in [1.165, 1.54) is 10.6 Å². The van der Waals surface area contributed by atoms with E-state index in [-0.39, 0.29) is 22.7 Å². The maximum Gasteiger partial charge on any atom is 0.371 e. The Hall–Kier alpha value is -1.72. The Morgan fingerprint density at radius 1 is 1.43 bits per heavy atom. The third kappa shape index (κ3) is 2.36. The predicted octanol–water partition coefficient (Wildman–Crippen LogP) is 0.536. The van der Waals surface area contributed by atoms with Crippen LogP contribution in [0.4, 0.5) is 0 Å².